The summed E-state index contributed by atoms with van der Waals surface area (Å²) >= 11 is 0. The molecule has 122 valence electrons. The lowest BCUT2D eigenvalue weighted by Crippen LogP contribution is -2.45. The summed E-state index contributed by atoms with van der Waals surface area (Å²) in [6, 6.07) is 6.82. The van der Waals surface area contributed by atoms with Gasteiger partial charge in [0.05, 0.1) is 12.1 Å². The van der Waals surface area contributed by atoms with E-state index in [4.69, 9.17) is 0 Å². The van der Waals surface area contributed by atoms with Crippen molar-refractivity contribution in [1.82, 2.24) is 10.3 Å². The van der Waals surface area contributed by atoms with Gasteiger partial charge in [-0.15, -0.1) is 0 Å². The van der Waals surface area contributed by atoms with Crippen LogP contribution in [0.15, 0.2) is 42.7 Å². The van der Waals surface area contributed by atoms with Crippen LogP contribution in [-0.2, 0) is 10.3 Å². The Labute approximate surface area is 134 Å². The fourth-order valence-electron chi connectivity index (χ4n) is 2.28. The highest BCUT2D eigenvalue weighted by Crippen LogP contribution is 2.22. The highest BCUT2D eigenvalue weighted by molar-refractivity contribution is 5.82. The molecule has 0 saturated carbocycles. The van der Waals surface area contributed by atoms with Crippen molar-refractivity contribution in [2.75, 3.05) is 18.5 Å². The van der Waals surface area contributed by atoms with E-state index in [0.717, 1.165) is 11.8 Å². The van der Waals surface area contributed by atoms with Crippen LogP contribution < -0.4 is 10.2 Å². The lowest BCUT2D eigenvalue weighted by Gasteiger charge is -2.28. The molecule has 1 aromatic heterocycles. The van der Waals surface area contributed by atoms with E-state index in [1.807, 2.05) is 0 Å². The first-order chi connectivity index (χ1) is 10.8. The van der Waals surface area contributed by atoms with Gasteiger partial charge in [0.15, 0.2) is 0 Å². The average molecular weight is 319 g/mol. The van der Waals surface area contributed by atoms with Gasteiger partial charge in [-0.05, 0) is 43.7 Å². The second kappa shape index (κ2) is 6.73. The fourth-order valence-corrected chi connectivity index (χ4v) is 2.28. The Bertz CT molecular complexity index is 669. The number of nitrogens with zero attached hydrogens (tertiary/aromatic N) is 2. The zero-order valence-corrected chi connectivity index (χ0v) is 13.3. The lowest BCUT2D eigenvalue weighted by atomic mass is 9.94. The van der Waals surface area contributed by atoms with Gasteiger partial charge < -0.3 is 10.2 Å². The number of hydrogen-bond donors (Lipinski definition) is 1. The molecule has 6 heteroatoms. The van der Waals surface area contributed by atoms with Crippen LogP contribution in [0.4, 0.5) is 14.5 Å². The van der Waals surface area contributed by atoms with Crippen molar-refractivity contribution in [2.24, 2.45) is 0 Å². The first kappa shape index (κ1) is 16.9. The number of benzene rings is 1. The van der Waals surface area contributed by atoms with Crippen LogP contribution in [0.5, 0.6) is 0 Å². The summed E-state index contributed by atoms with van der Waals surface area (Å²) in [7, 11) is 1.78. The van der Waals surface area contributed by atoms with E-state index in [9.17, 15) is 13.6 Å². The minimum Gasteiger partial charge on any atom is -0.365 e. The molecule has 0 aliphatic carbocycles. The highest BCUT2D eigenvalue weighted by Gasteiger charge is 2.24. The predicted molar refractivity (Wildman–Crippen MR) is 85.0 cm³/mol. The zero-order valence-electron chi connectivity index (χ0n) is 13.3. The van der Waals surface area contributed by atoms with Gasteiger partial charge in [-0.2, -0.15) is 0 Å². The quantitative estimate of drug-likeness (QED) is 0.922. The van der Waals surface area contributed by atoms with E-state index in [2.05, 4.69) is 10.3 Å². The van der Waals surface area contributed by atoms with E-state index in [1.165, 1.54) is 12.1 Å². The molecule has 0 aliphatic rings. The molecule has 0 spiro atoms. The molecule has 0 unspecified atom stereocenters. The highest BCUT2D eigenvalue weighted by atomic mass is 19.1. The molecule has 2 rings (SSSR count). The van der Waals surface area contributed by atoms with Crippen molar-refractivity contribution >= 4 is 11.6 Å². The SMILES string of the molecule is CN(CC(=O)NC(C)(C)c1cc(F)cc(F)c1)c1ccncc1. The van der Waals surface area contributed by atoms with E-state index >= 15 is 0 Å². The van der Waals surface area contributed by atoms with Gasteiger partial charge in [0.2, 0.25) is 5.91 Å². The zero-order chi connectivity index (χ0) is 17.0. The van der Waals surface area contributed by atoms with E-state index < -0.39 is 17.2 Å². The molecule has 1 N–H and O–H groups in total. The number of nitrogens with one attached hydrogen (secondary N) is 1. The maximum absolute atomic E-state index is 13.4. The predicted octanol–water partition coefficient (Wildman–Crippen LogP) is 2.85. The third kappa shape index (κ3) is 4.48. The largest absolute Gasteiger partial charge is 0.365 e. The summed E-state index contributed by atoms with van der Waals surface area (Å²) < 4.78 is 26.7. The summed E-state index contributed by atoms with van der Waals surface area (Å²) in [4.78, 5) is 17.9. The molecule has 0 fully saturated rings. The molecule has 1 aromatic carbocycles. The van der Waals surface area contributed by atoms with E-state index in [-0.39, 0.29) is 12.5 Å². The number of hydrogen-bond acceptors (Lipinski definition) is 3. The summed E-state index contributed by atoms with van der Waals surface area (Å²) in [5.41, 5.74) is 0.332. The molecule has 0 atom stereocenters. The van der Waals surface area contributed by atoms with Crippen LogP contribution >= 0.6 is 0 Å². The van der Waals surface area contributed by atoms with Gasteiger partial charge in [0.1, 0.15) is 11.6 Å². The number of amides is 1. The molecule has 0 aliphatic heterocycles. The molecular weight excluding hydrogens is 300 g/mol. The number of carbonyl (C=O) groups is 1. The lowest BCUT2D eigenvalue weighted by molar-refractivity contribution is -0.121. The molecule has 2 aromatic rings. The van der Waals surface area contributed by atoms with Crippen molar-refractivity contribution in [3.05, 3.63) is 59.9 Å². The summed E-state index contributed by atoms with van der Waals surface area (Å²) in [5.74, 6) is -1.59. The van der Waals surface area contributed by atoms with Crippen molar-refractivity contribution in [2.45, 2.75) is 19.4 Å². The maximum atomic E-state index is 13.4. The van der Waals surface area contributed by atoms with Crippen molar-refractivity contribution in [3.63, 3.8) is 0 Å². The Kier molecular flexibility index (Phi) is 4.93. The molecule has 1 heterocycles. The Hall–Kier alpha value is -2.50. The Morgan fingerprint density at radius 1 is 1.17 bits per heavy atom. The van der Waals surface area contributed by atoms with Gasteiger partial charge in [-0.25, -0.2) is 8.78 Å². The normalized spacial score (nSPS) is 11.2. The molecule has 4 nitrogen and oxygen atoms in total. The van der Waals surface area contributed by atoms with Gasteiger partial charge in [-0.3, -0.25) is 9.78 Å². The first-order valence-electron chi connectivity index (χ1n) is 7.17. The van der Waals surface area contributed by atoms with Crippen LogP contribution in [0.2, 0.25) is 0 Å². The first-order valence-corrected chi connectivity index (χ1v) is 7.17. The molecule has 0 saturated heterocycles. The van der Waals surface area contributed by atoms with E-state index in [1.54, 1.807) is 50.3 Å². The van der Waals surface area contributed by atoms with Crippen molar-refractivity contribution in [3.8, 4) is 0 Å². The van der Waals surface area contributed by atoms with E-state index in [0.29, 0.717) is 5.56 Å². The van der Waals surface area contributed by atoms with Crippen LogP contribution in [-0.4, -0.2) is 24.5 Å². The third-order valence-electron chi connectivity index (χ3n) is 3.52. The number of rotatable bonds is 5. The van der Waals surface area contributed by atoms with Crippen LogP contribution in [0.25, 0.3) is 0 Å². The number of likely N-dealkylation sites (N-methyl/N-ethyl adjacent to an activating group) is 1. The van der Waals surface area contributed by atoms with Crippen LogP contribution in [0, 0.1) is 11.6 Å². The number of pyridine rings is 1. The topological polar surface area (TPSA) is 45.2 Å². The molecule has 0 bridgehead atoms. The smallest absolute Gasteiger partial charge is 0.240 e. The number of anilines is 1. The second-order valence-corrected chi connectivity index (χ2v) is 5.89. The molecule has 23 heavy (non-hydrogen) atoms. The van der Waals surface area contributed by atoms with Gasteiger partial charge >= 0.3 is 0 Å². The third-order valence-corrected chi connectivity index (χ3v) is 3.52. The van der Waals surface area contributed by atoms with Gasteiger partial charge in [-0.1, -0.05) is 0 Å². The molecule has 1 amide bonds. The fraction of sp³-hybridized carbons (Fsp3) is 0.294. The second-order valence-electron chi connectivity index (χ2n) is 5.89. The van der Waals surface area contributed by atoms with Crippen LogP contribution in [0.3, 0.4) is 0 Å². The minimum absolute atomic E-state index is 0.116. The summed E-state index contributed by atoms with van der Waals surface area (Å²) in [6.07, 6.45) is 3.28. The van der Waals surface area contributed by atoms with Crippen molar-refractivity contribution < 1.29 is 13.6 Å². The number of carbonyl (C=O) groups excluding carboxylic acids is 1. The standard InChI is InChI=1S/C17H19F2N3O/c1-17(2,12-8-13(18)10-14(19)9-12)21-16(23)11-22(3)15-4-6-20-7-5-15/h4-10H,11H2,1-3H3,(H,21,23). The maximum Gasteiger partial charge on any atom is 0.240 e. The molecular formula is C17H19F2N3O. The van der Waals surface area contributed by atoms with Gasteiger partial charge in [0.25, 0.3) is 0 Å². The van der Waals surface area contributed by atoms with Gasteiger partial charge in [0, 0.05) is 31.2 Å². The summed E-state index contributed by atoms with van der Waals surface area (Å²) in [6.45, 7) is 3.52. The molecule has 0 radical (unpaired) electrons. The summed E-state index contributed by atoms with van der Waals surface area (Å²) in [5, 5.41) is 2.80. The number of aromatic nitrogens is 1. The minimum atomic E-state index is -0.890. The average Bonchev–Trinajstić information content (AvgIpc) is 2.46. The van der Waals surface area contributed by atoms with Crippen LogP contribution in [0.1, 0.15) is 19.4 Å². The Morgan fingerprint density at radius 2 is 1.74 bits per heavy atom. The monoisotopic (exact) mass is 319 g/mol. The Balaban J connectivity index is 2.06. The number of halogens is 2. The van der Waals surface area contributed by atoms with Crippen molar-refractivity contribution in [1.29, 1.82) is 0 Å². The Morgan fingerprint density at radius 3 is 2.30 bits per heavy atom.